The van der Waals surface area contributed by atoms with Crippen molar-refractivity contribution in [2.24, 2.45) is 0 Å². The normalized spacial score (nSPS) is 11.5. The molecule has 1 nitrogen and oxygen atoms in total. The minimum absolute atomic E-state index is 0.518. The Morgan fingerprint density at radius 3 is 2.40 bits per heavy atom. The Morgan fingerprint density at radius 1 is 1.27 bits per heavy atom. The molecule has 0 fully saturated rings. The molecule has 0 unspecified atom stereocenters. The van der Waals surface area contributed by atoms with Crippen LogP contribution in [0.15, 0.2) is 18.2 Å². The van der Waals surface area contributed by atoms with E-state index in [1.807, 2.05) is 6.92 Å². The van der Waals surface area contributed by atoms with Gasteiger partial charge in [-0.3, -0.25) is 0 Å². The number of alkyl halides is 3. The van der Waals surface area contributed by atoms with Gasteiger partial charge in [0.1, 0.15) is 5.75 Å². The van der Waals surface area contributed by atoms with Gasteiger partial charge in [-0.05, 0) is 30.2 Å². The zero-order valence-electron chi connectivity index (χ0n) is 8.69. The van der Waals surface area contributed by atoms with Crippen molar-refractivity contribution in [3.63, 3.8) is 0 Å². The number of benzene rings is 1. The predicted octanol–water partition coefficient (Wildman–Crippen LogP) is 3.67. The molecule has 1 rings (SSSR count). The Morgan fingerprint density at radius 2 is 1.93 bits per heavy atom. The van der Waals surface area contributed by atoms with Crippen LogP contribution in [0.25, 0.3) is 0 Å². The minimum atomic E-state index is -4.28. The topological polar surface area (TPSA) is 9.23 Å². The van der Waals surface area contributed by atoms with Gasteiger partial charge in [0.05, 0.1) is 12.7 Å². The van der Waals surface area contributed by atoms with Crippen molar-refractivity contribution in [3.8, 4) is 5.75 Å². The molecule has 4 heteroatoms. The monoisotopic (exact) mass is 218 g/mol. The van der Waals surface area contributed by atoms with Crippen molar-refractivity contribution >= 4 is 0 Å². The molecule has 0 aliphatic rings. The second-order valence-corrected chi connectivity index (χ2v) is 3.27. The van der Waals surface area contributed by atoms with E-state index in [4.69, 9.17) is 4.74 Å². The second-order valence-electron chi connectivity index (χ2n) is 3.27. The lowest BCUT2D eigenvalue weighted by atomic mass is 10.1. The molecular weight excluding hydrogens is 205 g/mol. The number of rotatable bonds is 3. The number of hydrogen-bond donors (Lipinski definition) is 0. The number of ether oxygens (including phenoxy) is 1. The summed E-state index contributed by atoms with van der Waals surface area (Å²) in [5, 5.41) is 0. The molecule has 0 aliphatic heterocycles. The molecule has 15 heavy (non-hydrogen) atoms. The summed E-state index contributed by atoms with van der Waals surface area (Å²) in [6.07, 6.45) is -2.90. The molecule has 0 N–H and O–H groups in total. The third-order valence-electron chi connectivity index (χ3n) is 2.13. The van der Waals surface area contributed by atoms with Gasteiger partial charge in [0.2, 0.25) is 0 Å². The highest BCUT2D eigenvalue weighted by Crippen LogP contribution is 2.32. The Hall–Kier alpha value is -1.19. The molecular formula is C11H13F3O. The highest BCUT2D eigenvalue weighted by Gasteiger charge is 2.30. The Balaban J connectivity index is 3.10. The van der Waals surface area contributed by atoms with Gasteiger partial charge in [-0.25, -0.2) is 0 Å². The summed E-state index contributed by atoms with van der Waals surface area (Å²) in [5.74, 6) is 0.518. The number of methoxy groups -OCH3 is 1. The van der Waals surface area contributed by atoms with Crippen LogP contribution in [-0.4, -0.2) is 7.11 Å². The summed E-state index contributed by atoms with van der Waals surface area (Å²) in [7, 11) is 1.46. The van der Waals surface area contributed by atoms with E-state index in [0.717, 1.165) is 18.6 Å². The molecule has 0 radical (unpaired) electrons. The Bertz CT molecular complexity index is 331. The van der Waals surface area contributed by atoms with Gasteiger partial charge in [0.25, 0.3) is 0 Å². The first-order chi connectivity index (χ1) is 6.99. The molecule has 0 spiro atoms. The predicted molar refractivity (Wildman–Crippen MR) is 52.0 cm³/mol. The molecule has 1 aromatic carbocycles. The fourth-order valence-electron chi connectivity index (χ4n) is 1.42. The SMILES string of the molecule is CCCc1cc(C(F)(F)F)ccc1OC. The fraction of sp³-hybridized carbons (Fsp3) is 0.455. The van der Waals surface area contributed by atoms with Gasteiger partial charge in [-0.15, -0.1) is 0 Å². The highest BCUT2D eigenvalue weighted by atomic mass is 19.4. The van der Waals surface area contributed by atoms with E-state index in [1.165, 1.54) is 13.2 Å². The van der Waals surface area contributed by atoms with Crippen LogP contribution in [0.4, 0.5) is 13.2 Å². The van der Waals surface area contributed by atoms with Crippen LogP contribution in [-0.2, 0) is 12.6 Å². The maximum Gasteiger partial charge on any atom is 0.416 e. The van der Waals surface area contributed by atoms with Crippen LogP contribution < -0.4 is 4.74 Å². The number of halogens is 3. The maximum absolute atomic E-state index is 12.4. The van der Waals surface area contributed by atoms with Crippen molar-refractivity contribution in [1.82, 2.24) is 0 Å². The highest BCUT2D eigenvalue weighted by molar-refractivity contribution is 5.38. The standard InChI is InChI=1S/C11H13F3O/c1-3-4-8-7-9(11(12,13)14)5-6-10(8)15-2/h5-7H,3-4H2,1-2H3. The third kappa shape index (κ3) is 2.88. The van der Waals surface area contributed by atoms with Crippen molar-refractivity contribution in [2.45, 2.75) is 25.9 Å². The van der Waals surface area contributed by atoms with Crippen LogP contribution in [0.1, 0.15) is 24.5 Å². The van der Waals surface area contributed by atoms with Crippen LogP contribution in [0.2, 0.25) is 0 Å². The van der Waals surface area contributed by atoms with Crippen molar-refractivity contribution in [3.05, 3.63) is 29.3 Å². The lowest BCUT2D eigenvalue weighted by molar-refractivity contribution is -0.137. The molecule has 0 aliphatic carbocycles. The zero-order chi connectivity index (χ0) is 11.5. The molecule has 0 saturated carbocycles. The quantitative estimate of drug-likeness (QED) is 0.752. The molecule has 0 amide bonds. The summed E-state index contributed by atoms with van der Waals surface area (Å²) < 4.78 is 42.2. The van der Waals surface area contributed by atoms with E-state index in [2.05, 4.69) is 0 Å². The fourth-order valence-corrected chi connectivity index (χ4v) is 1.42. The van der Waals surface area contributed by atoms with E-state index in [9.17, 15) is 13.2 Å². The molecule has 0 bridgehead atoms. The van der Waals surface area contributed by atoms with Gasteiger partial charge in [-0.2, -0.15) is 13.2 Å². The third-order valence-corrected chi connectivity index (χ3v) is 2.13. The number of hydrogen-bond acceptors (Lipinski definition) is 1. The van der Waals surface area contributed by atoms with Crippen molar-refractivity contribution in [1.29, 1.82) is 0 Å². The summed E-state index contributed by atoms with van der Waals surface area (Å²) in [6, 6.07) is 3.56. The molecule has 0 atom stereocenters. The lowest BCUT2D eigenvalue weighted by Gasteiger charge is -2.12. The average Bonchev–Trinajstić information content (AvgIpc) is 2.17. The second kappa shape index (κ2) is 4.55. The van der Waals surface area contributed by atoms with Crippen LogP contribution >= 0.6 is 0 Å². The Labute approximate surface area is 86.9 Å². The largest absolute Gasteiger partial charge is 0.496 e. The number of aryl methyl sites for hydroxylation is 1. The lowest BCUT2D eigenvalue weighted by Crippen LogP contribution is -2.06. The Kier molecular flexibility index (Phi) is 3.61. The smallest absolute Gasteiger partial charge is 0.416 e. The van der Waals surface area contributed by atoms with Gasteiger partial charge >= 0.3 is 6.18 Å². The van der Waals surface area contributed by atoms with Gasteiger partial charge in [0, 0.05) is 0 Å². The van der Waals surface area contributed by atoms with Crippen LogP contribution in [0, 0.1) is 0 Å². The molecule has 84 valence electrons. The summed E-state index contributed by atoms with van der Waals surface area (Å²) >= 11 is 0. The molecule has 0 aromatic heterocycles. The minimum Gasteiger partial charge on any atom is -0.496 e. The molecule has 0 heterocycles. The van der Waals surface area contributed by atoms with Crippen molar-refractivity contribution in [2.75, 3.05) is 7.11 Å². The van der Waals surface area contributed by atoms with Gasteiger partial charge in [0.15, 0.2) is 0 Å². The zero-order valence-corrected chi connectivity index (χ0v) is 8.69. The maximum atomic E-state index is 12.4. The molecule has 0 saturated heterocycles. The first-order valence-electron chi connectivity index (χ1n) is 4.73. The van der Waals surface area contributed by atoms with Gasteiger partial charge < -0.3 is 4.74 Å². The summed E-state index contributed by atoms with van der Waals surface area (Å²) in [5.41, 5.74) is -0.0124. The first kappa shape index (κ1) is 11.9. The van der Waals surface area contributed by atoms with Crippen LogP contribution in [0.3, 0.4) is 0 Å². The van der Waals surface area contributed by atoms with Crippen LogP contribution in [0.5, 0.6) is 5.75 Å². The van der Waals surface area contributed by atoms with Gasteiger partial charge in [-0.1, -0.05) is 13.3 Å². The van der Waals surface area contributed by atoms with E-state index in [-0.39, 0.29) is 0 Å². The van der Waals surface area contributed by atoms with E-state index in [1.54, 1.807) is 0 Å². The van der Waals surface area contributed by atoms with Crippen molar-refractivity contribution < 1.29 is 17.9 Å². The molecule has 1 aromatic rings. The summed E-state index contributed by atoms with van der Waals surface area (Å²) in [4.78, 5) is 0. The first-order valence-corrected chi connectivity index (χ1v) is 4.73. The average molecular weight is 218 g/mol. The van der Waals surface area contributed by atoms with E-state index in [0.29, 0.717) is 17.7 Å². The van der Waals surface area contributed by atoms with E-state index >= 15 is 0 Å². The van der Waals surface area contributed by atoms with E-state index < -0.39 is 11.7 Å². The summed E-state index contributed by atoms with van der Waals surface area (Å²) in [6.45, 7) is 1.92.